The molecule has 0 saturated heterocycles. The maximum Gasteiger partial charge on any atom is 0.338 e. The Hall–Kier alpha value is -4.46. The third-order valence-corrected chi connectivity index (χ3v) is 8.05. The van der Waals surface area contributed by atoms with E-state index in [1.807, 2.05) is 48.5 Å². The van der Waals surface area contributed by atoms with E-state index >= 15 is 0 Å². The van der Waals surface area contributed by atoms with Gasteiger partial charge in [0.05, 0.1) is 25.4 Å². The van der Waals surface area contributed by atoms with Gasteiger partial charge in [-0.05, 0) is 92.6 Å². The van der Waals surface area contributed by atoms with E-state index in [-0.39, 0.29) is 5.97 Å². The van der Waals surface area contributed by atoms with Crippen LogP contribution in [-0.4, -0.2) is 40.7 Å². The Morgan fingerprint density at radius 2 is 1.02 bits per heavy atom. The fraction of sp³-hybridized carbons (Fsp3) is 0.450. The van der Waals surface area contributed by atoms with Crippen LogP contribution in [0.1, 0.15) is 108 Å². The van der Waals surface area contributed by atoms with Gasteiger partial charge < -0.3 is 19.5 Å². The second-order valence-corrected chi connectivity index (χ2v) is 12.0. The molecule has 4 rings (SSSR count). The van der Waals surface area contributed by atoms with Gasteiger partial charge in [0.15, 0.2) is 11.6 Å². The summed E-state index contributed by atoms with van der Waals surface area (Å²) in [6, 6.07) is 22.8. The van der Waals surface area contributed by atoms with E-state index < -0.39 is 0 Å². The maximum atomic E-state index is 12.1. The molecule has 0 radical (unpaired) electrons. The molecule has 8 nitrogen and oxygen atoms in total. The quantitative estimate of drug-likeness (QED) is 0.0662. The van der Waals surface area contributed by atoms with Gasteiger partial charge in [0.25, 0.3) is 0 Å². The summed E-state index contributed by atoms with van der Waals surface area (Å²) >= 11 is 0. The SMILES string of the molecule is CCCCCCCCOc1ccc(-c2nc(Nc3ccc(C(=O)OCC)cc3)nc(-c3ccc(OCCCCCCCC)cc3)n2)cc1. The van der Waals surface area contributed by atoms with Gasteiger partial charge in [-0.3, -0.25) is 0 Å². The Labute approximate surface area is 286 Å². The fourth-order valence-corrected chi connectivity index (χ4v) is 5.27. The predicted octanol–water partition coefficient (Wildman–Crippen LogP) is 10.6. The zero-order chi connectivity index (χ0) is 33.8. The minimum Gasteiger partial charge on any atom is -0.494 e. The van der Waals surface area contributed by atoms with Crippen LogP contribution < -0.4 is 14.8 Å². The second kappa shape index (κ2) is 20.7. The highest BCUT2D eigenvalue weighted by molar-refractivity contribution is 5.89. The molecule has 0 atom stereocenters. The molecule has 48 heavy (non-hydrogen) atoms. The highest BCUT2D eigenvalue weighted by Gasteiger charge is 2.13. The third-order valence-electron chi connectivity index (χ3n) is 8.05. The first-order valence-electron chi connectivity index (χ1n) is 17.9. The van der Waals surface area contributed by atoms with Gasteiger partial charge in [0, 0.05) is 16.8 Å². The summed E-state index contributed by atoms with van der Waals surface area (Å²) in [5.41, 5.74) is 2.93. The largest absolute Gasteiger partial charge is 0.494 e. The van der Waals surface area contributed by atoms with Crippen molar-refractivity contribution in [3.05, 3.63) is 78.4 Å². The van der Waals surface area contributed by atoms with Crippen molar-refractivity contribution >= 4 is 17.6 Å². The normalized spacial score (nSPS) is 10.9. The molecule has 0 spiro atoms. The van der Waals surface area contributed by atoms with Crippen LogP contribution in [0, 0.1) is 0 Å². The average Bonchev–Trinajstić information content (AvgIpc) is 3.11. The first kappa shape index (κ1) is 36.4. The van der Waals surface area contributed by atoms with E-state index in [9.17, 15) is 4.79 Å². The van der Waals surface area contributed by atoms with Crippen LogP contribution in [0.5, 0.6) is 11.5 Å². The predicted molar refractivity (Wildman–Crippen MR) is 194 cm³/mol. The lowest BCUT2D eigenvalue weighted by Crippen LogP contribution is -2.05. The number of unbranched alkanes of at least 4 members (excludes halogenated alkanes) is 10. The van der Waals surface area contributed by atoms with Crippen LogP contribution in [0.4, 0.5) is 11.6 Å². The summed E-state index contributed by atoms with van der Waals surface area (Å²) in [5, 5.41) is 3.29. The Morgan fingerprint density at radius 1 is 0.562 bits per heavy atom. The van der Waals surface area contributed by atoms with Crippen molar-refractivity contribution in [2.24, 2.45) is 0 Å². The first-order chi connectivity index (χ1) is 23.6. The van der Waals surface area contributed by atoms with Crippen molar-refractivity contribution in [1.82, 2.24) is 15.0 Å². The lowest BCUT2D eigenvalue weighted by molar-refractivity contribution is 0.0526. The topological polar surface area (TPSA) is 95.5 Å². The molecule has 1 aromatic heterocycles. The first-order valence-corrected chi connectivity index (χ1v) is 17.9. The molecule has 0 fully saturated rings. The van der Waals surface area contributed by atoms with Gasteiger partial charge in [0.1, 0.15) is 11.5 Å². The van der Waals surface area contributed by atoms with Crippen molar-refractivity contribution < 1.29 is 19.0 Å². The zero-order valence-electron chi connectivity index (χ0n) is 29.0. The van der Waals surface area contributed by atoms with Gasteiger partial charge >= 0.3 is 5.97 Å². The van der Waals surface area contributed by atoms with E-state index in [0.29, 0.717) is 43.0 Å². The van der Waals surface area contributed by atoms with E-state index in [1.165, 1.54) is 64.2 Å². The van der Waals surface area contributed by atoms with Crippen LogP contribution in [0.15, 0.2) is 72.8 Å². The highest BCUT2D eigenvalue weighted by Crippen LogP contribution is 2.27. The van der Waals surface area contributed by atoms with Crippen molar-refractivity contribution in [2.45, 2.75) is 97.8 Å². The van der Waals surface area contributed by atoms with Crippen molar-refractivity contribution in [2.75, 3.05) is 25.1 Å². The molecule has 3 aromatic carbocycles. The van der Waals surface area contributed by atoms with Crippen LogP contribution in [-0.2, 0) is 4.74 Å². The number of hydrogen-bond acceptors (Lipinski definition) is 8. The third kappa shape index (κ3) is 12.3. The molecular formula is C40H52N4O4. The number of nitrogens with one attached hydrogen (secondary N) is 1. The molecule has 0 amide bonds. The molecule has 0 bridgehead atoms. The standard InChI is InChI=1S/C40H52N4O4/c1-4-7-9-11-13-15-29-47-35-25-19-31(20-26-35)37-42-38(32-21-27-36(28-22-32)48-30-16-14-12-10-8-5-2)44-40(43-37)41-34-23-17-33(18-24-34)39(45)46-6-3/h17-28H,4-16,29-30H2,1-3H3,(H,41,42,43,44). The minimum atomic E-state index is -0.354. The molecule has 1 N–H and O–H groups in total. The summed E-state index contributed by atoms with van der Waals surface area (Å²) in [7, 11) is 0. The molecule has 0 aliphatic carbocycles. The highest BCUT2D eigenvalue weighted by atomic mass is 16.5. The zero-order valence-corrected chi connectivity index (χ0v) is 29.0. The van der Waals surface area contributed by atoms with Crippen molar-refractivity contribution in [1.29, 1.82) is 0 Å². The molecule has 256 valence electrons. The van der Waals surface area contributed by atoms with Gasteiger partial charge in [-0.1, -0.05) is 78.1 Å². The van der Waals surface area contributed by atoms with Crippen LogP contribution in [0.25, 0.3) is 22.8 Å². The summed E-state index contributed by atoms with van der Waals surface area (Å²) in [6.45, 7) is 8.01. The number of carbonyl (C=O) groups is 1. The van der Waals surface area contributed by atoms with Crippen molar-refractivity contribution in [3.8, 4) is 34.3 Å². The summed E-state index contributed by atoms with van der Waals surface area (Å²) < 4.78 is 17.1. The Morgan fingerprint density at radius 3 is 1.48 bits per heavy atom. The maximum absolute atomic E-state index is 12.1. The summed E-state index contributed by atoms with van der Waals surface area (Å²) in [4.78, 5) is 26.5. The summed E-state index contributed by atoms with van der Waals surface area (Å²) in [6.07, 6.45) is 14.7. The Bertz CT molecular complexity index is 1410. The van der Waals surface area contributed by atoms with Gasteiger partial charge in [-0.2, -0.15) is 9.97 Å². The number of carbonyl (C=O) groups excluding carboxylic acids is 1. The van der Waals surface area contributed by atoms with Crippen molar-refractivity contribution in [3.63, 3.8) is 0 Å². The minimum absolute atomic E-state index is 0.327. The van der Waals surface area contributed by atoms with E-state index in [4.69, 9.17) is 29.2 Å². The smallest absolute Gasteiger partial charge is 0.338 e. The number of ether oxygens (including phenoxy) is 3. The Balaban J connectivity index is 1.47. The molecule has 0 unspecified atom stereocenters. The van der Waals surface area contributed by atoms with E-state index in [0.717, 1.165) is 41.2 Å². The van der Waals surface area contributed by atoms with Crippen LogP contribution in [0.3, 0.4) is 0 Å². The Kier molecular flexibility index (Phi) is 15.7. The molecular weight excluding hydrogens is 600 g/mol. The second-order valence-electron chi connectivity index (χ2n) is 12.0. The van der Waals surface area contributed by atoms with E-state index in [1.54, 1.807) is 31.2 Å². The number of rotatable bonds is 22. The average molecular weight is 653 g/mol. The fourth-order valence-electron chi connectivity index (χ4n) is 5.27. The van der Waals surface area contributed by atoms with Crippen LogP contribution >= 0.6 is 0 Å². The van der Waals surface area contributed by atoms with E-state index in [2.05, 4.69) is 19.2 Å². The summed E-state index contributed by atoms with van der Waals surface area (Å²) in [5.74, 6) is 2.78. The van der Waals surface area contributed by atoms with Gasteiger partial charge in [-0.15, -0.1) is 0 Å². The lowest BCUT2D eigenvalue weighted by Gasteiger charge is -2.11. The molecule has 1 heterocycles. The molecule has 0 aliphatic heterocycles. The molecule has 4 aromatic rings. The number of esters is 1. The lowest BCUT2D eigenvalue weighted by atomic mass is 10.1. The van der Waals surface area contributed by atoms with Crippen LogP contribution in [0.2, 0.25) is 0 Å². The number of hydrogen-bond donors (Lipinski definition) is 1. The van der Waals surface area contributed by atoms with Gasteiger partial charge in [-0.25, -0.2) is 9.78 Å². The molecule has 0 saturated carbocycles. The number of nitrogens with zero attached hydrogens (tertiary/aromatic N) is 3. The molecule has 8 heteroatoms. The monoisotopic (exact) mass is 652 g/mol. The number of anilines is 2. The number of benzene rings is 3. The molecule has 0 aliphatic rings. The number of aromatic nitrogens is 3. The van der Waals surface area contributed by atoms with Gasteiger partial charge in [0.2, 0.25) is 5.95 Å².